The highest BCUT2D eigenvalue weighted by molar-refractivity contribution is 14.1. The number of halogens is 2. The zero-order chi connectivity index (χ0) is 27.6. The van der Waals surface area contributed by atoms with E-state index in [4.69, 9.17) is 19.6 Å². The number of aromatic nitrogens is 2. The fourth-order valence-corrected chi connectivity index (χ4v) is 4.86. The topological polar surface area (TPSA) is 103 Å². The highest BCUT2D eigenvalue weighted by Gasteiger charge is 2.23. The molecule has 0 radical (unpaired) electrons. The summed E-state index contributed by atoms with van der Waals surface area (Å²) in [5, 5.41) is 14.1. The monoisotopic (exact) mass is 689 g/mol. The second-order valence-electron chi connectivity index (χ2n) is 9.53. The molecule has 196 valence electrons. The lowest BCUT2D eigenvalue weighted by molar-refractivity contribution is 0.0697. The first-order valence-corrected chi connectivity index (χ1v) is 13.4. The van der Waals surface area contributed by atoms with Gasteiger partial charge in [0.25, 0.3) is 5.56 Å². The molecule has 1 aromatic heterocycles. The van der Waals surface area contributed by atoms with Crippen LogP contribution in [0.25, 0.3) is 10.9 Å². The van der Waals surface area contributed by atoms with E-state index in [0.29, 0.717) is 33.8 Å². The van der Waals surface area contributed by atoms with Crippen molar-refractivity contribution in [2.75, 3.05) is 7.11 Å². The van der Waals surface area contributed by atoms with Crippen LogP contribution in [-0.2, 0) is 12.0 Å². The standard InChI is InChI=1S/C28H25BrIN3O5/c1-28(2,3)27-32-22-10-9-19(29)13-20(22)25(34)33(27)31-14-17-11-21(30)24(23(12-17)37-4)38-15-16-5-7-18(8-6-16)26(35)36/h5-14H,15H2,1-4H3,(H,35,36). The molecule has 0 amide bonds. The van der Waals surface area contributed by atoms with Gasteiger partial charge in [0.2, 0.25) is 0 Å². The van der Waals surface area contributed by atoms with Gasteiger partial charge in [-0.1, -0.05) is 48.8 Å². The van der Waals surface area contributed by atoms with Gasteiger partial charge in [0, 0.05) is 9.89 Å². The third kappa shape index (κ3) is 6.07. The highest BCUT2D eigenvalue weighted by atomic mass is 127. The lowest BCUT2D eigenvalue weighted by atomic mass is 9.95. The molecule has 0 spiro atoms. The molecule has 0 fully saturated rings. The van der Waals surface area contributed by atoms with Gasteiger partial charge < -0.3 is 14.6 Å². The van der Waals surface area contributed by atoms with Gasteiger partial charge in [0.05, 0.1) is 33.4 Å². The minimum absolute atomic E-state index is 0.215. The van der Waals surface area contributed by atoms with E-state index in [9.17, 15) is 9.59 Å². The molecule has 4 rings (SSSR count). The number of aromatic carboxylic acids is 1. The van der Waals surface area contributed by atoms with Crippen molar-refractivity contribution >= 4 is 61.6 Å². The first kappa shape index (κ1) is 27.8. The molecule has 0 bridgehead atoms. The van der Waals surface area contributed by atoms with Gasteiger partial charge in [-0.15, -0.1) is 0 Å². The van der Waals surface area contributed by atoms with Crippen molar-refractivity contribution in [3.05, 3.63) is 95.5 Å². The van der Waals surface area contributed by atoms with Gasteiger partial charge in [-0.05, 0) is 76.2 Å². The van der Waals surface area contributed by atoms with Gasteiger partial charge in [-0.2, -0.15) is 9.78 Å². The molecule has 0 aliphatic rings. The van der Waals surface area contributed by atoms with Crippen molar-refractivity contribution < 1.29 is 19.4 Å². The molecule has 10 heteroatoms. The Balaban J connectivity index is 1.67. The SMILES string of the molecule is COc1cc(C=Nn2c(C(C)(C)C)nc3ccc(Br)cc3c2=O)cc(I)c1OCc1ccc(C(=O)O)cc1. The summed E-state index contributed by atoms with van der Waals surface area (Å²) in [5.74, 6) is 0.626. The van der Waals surface area contributed by atoms with Crippen molar-refractivity contribution in [2.45, 2.75) is 32.8 Å². The van der Waals surface area contributed by atoms with E-state index in [-0.39, 0.29) is 17.7 Å². The molecule has 3 aromatic carbocycles. The number of carbonyl (C=O) groups is 1. The van der Waals surface area contributed by atoms with Crippen molar-refractivity contribution in [3.8, 4) is 11.5 Å². The fourth-order valence-electron chi connectivity index (χ4n) is 3.72. The molecule has 1 heterocycles. The van der Waals surface area contributed by atoms with Crippen LogP contribution in [0.15, 0.2) is 69.0 Å². The van der Waals surface area contributed by atoms with Crippen molar-refractivity contribution in [1.82, 2.24) is 9.66 Å². The predicted octanol–water partition coefficient (Wildman–Crippen LogP) is 6.23. The van der Waals surface area contributed by atoms with Crippen LogP contribution in [0.4, 0.5) is 0 Å². The van der Waals surface area contributed by atoms with Crippen molar-refractivity contribution in [3.63, 3.8) is 0 Å². The Morgan fingerprint density at radius 2 is 1.87 bits per heavy atom. The summed E-state index contributed by atoms with van der Waals surface area (Å²) < 4.78 is 14.5. The van der Waals surface area contributed by atoms with E-state index in [0.717, 1.165) is 13.6 Å². The summed E-state index contributed by atoms with van der Waals surface area (Å²) in [4.78, 5) is 29.2. The average molecular weight is 690 g/mol. The number of fused-ring (bicyclic) bond motifs is 1. The van der Waals surface area contributed by atoms with E-state index in [1.165, 1.54) is 16.8 Å². The van der Waals surface area contributed by atoms with E-state index in [2.05, 4.69) is 43.6 Å². The molecule has 0 aliphatic heterocycles. The zero-order valence-electron chi connectivity index (χ0n) is 21.2. The summed E-state index contributed by atoms with van der Waals surface area (Å²) in [6.45, 7) is 6.19. The van der Waals surface area contributed by atoms with E-state index >= 15 is 0 Å². The number of benzene rings is 3. The van der Waals surface area contributed by atoms with Crippen LogP contribution in [0, 0.1) is 3.57 Å². The summed E-state index contributed by atoms with van der Waals surface area (Å²) in [5.41, 5.74) is 1.68. The number of methoxy groups -OCH3 is 1. The Kier molecular flexibility index (Phi) is 8.22. The maximum absolute atomic E-state index is 13.4. The van der Waals surface area contributed by atoms with Gasteiger partial charge >= 0.3 is 5.97 Å². The van der Waals surface area contributed by atoms with Crippen LogP contribution in [0.2, 0.25) is 0 Å². The number of rotatable bonds is 7. The van der Waals surface area contributed by atoms with Gasteiger partial charge in [0.1, 0.15) is 12.4 Å². The van der Waals surface area contributed by atoms with Gasteiger partial charge in [-0.3, -0.25) is 4.79 Å². The number of carboxylic acids is 1. The van der Waals surface area contributed by atoms with E-state index in [1.54, 1.807) is 37.6 Å². The third-order valence-corrected chi connectivity index (χ3v) is 6.93. The molecular weight excluding hydrogens is 665 g/mol. The average Bonchev–Trinajstić information content (AvgIpc) is 2.87. The third-order valence-electron chi connectivity index (χ3n) is 5.64. The second kappa shape index (κ2) is 11.2. The minimum atomic E-state index is -0.977. The molecule has 8 nitrogen and oxygen atoms in total. The van der Waals surface area contributed by atoms with Gasteiger partial charge in [0.15, 0.2) is 11.5 Å². The summed E-state index contributed by atoms with van der Waals surface area (Å²) in [7, 11) is 1.55. The summed E-state index contributed by atoms with van der Waals surface area (Å²) in [6, 6.07) is 15.6. The van der Waals surface area contributed by atoms with Crippen LogP contribution in [-0.4, -0.2) is 34.1 Å². The summed E-state index contributed by atoms with van der Waals surface area (Å²) in [6.07, 6.45) is 1.60. The molecular formula is C28H25BrIN3O5. The van der Waals surface area contributed by atoms with Crippen LogP contribution >= 0.6 is 38.5 Å². The van der Waals surface area contributed by atoms with Crippen molar-refractivity contribution in [1.29, 1.82) is 0 Å². The molecule has 0 aliphatic carbocycles. The number of nitrogens with zero attached hydrogens (tertiary/aromatic N) is 3. The molecule has 0 unspecified atom stereocenters. The first-order chi connectivity index (χ1) is 18.0. The molecule has 1 N–H and O–H groups in total. The lowest BCUT2D eigenvalue weighted by Gasteiger charge is -2.21. The largest absolute Gasteiger partial charge is 0.493 e. The fraction of sp³-hybridized carbons (Fsp3) is 0.214. The van der Waals surface area contributed by atoms with Crippen molar-refractivity contribution in [2.24, 2.45) is 5.10 Å². The highest BCUT2D eigenvalue weighted by Crippen LogP contribution is 2.34. The Morgan fingerprint density at radius 3 is 2.50 bits per heavy atom. The number of ether oxygens (including phenoxy) is 2. The lowest BCUT2D eigenvalue weighted by Crippen LogP contribution is -2.29. The van der Waals surface area contributed by atoms with Gasteiger partial charge in [-0.25, -0.2) is 9.78 Å². The number of carboxylic acid groups (broad SMARTS) is 1. The van der Waals surface area contributed by atoms with E-state index < -0.39 is 11.4 Å². The first-order valence-electron chi connectivity index (χ1n) is 11.6. The number of hydrogen-bond acceptors (Lipinski definition) is 6. The van der Waals surface area contributed by atoms with Crippen LogP contribution in [0.1, 0.15) is 48.1 Å². The molecule has 0 saturated carbocycles. The van der Waals surface area contributed by atoms with Crippen LogP contribution in [0.5, 0.6) is 11.5 Å². The quantitative estimate of drug-likeness (QED) is 0.182. The maximum atomic E-state index is 13.4. The Labute approximate surface area is 241 Å². The Bertz CT molecular complexity index is 1610. The van der Waals surface area contributed by atoms with Crippen LogP contribution in [0.3, 0.4) is 0 Å². The minimum Gasteiger partial charge on any atom is -0.493 e. The zero-order valence-corrected chi connectivity index (χ0v) is 24.9. The molecule has 0 atom stereocenters. The smallest absolute Gasteiger partial charge is 0.335 e. The van der Waals surface area contributed by atoms with Crippen LogP contribution < -0.4 is 15.0 Å². The molecule has 0 saturated heterocycles. The molecule has 38 heavy (non-hydrogen) atoms. The Hall–Kier alpha value is -3.25. The summed E-state index contributed by atoms with van der Waals surface area (Å²) >= 11 is 5.58. The maximum Gasteiger partial charge on any atom is 0.335 e. The van der Waals surface area contributed by atoms with E-state index in [1.807, 2.05) is 39.0 Å². The Morgan fingerprint density at radius 1 is 1.16 bits per heavy atom. The second-order valence-corrected chi connectivity index (χ2v) is 11.6. The molecule has 4 aromatic rings. The number of hydrogen-bond donors (Lipinski definition) is 1. The normalized spacial score (nSPS) is 11.7. The predicted molar refractivity (Wildman–Crippen MR) is 159 cm³/mol.